The van der Waals surface area contributed by atoms with E-state index in [1.54, 1.807) is 23.5 Å². The summed E-state index contributed by atoms with van der Waals surface area (Å²) in [6.07, 6.45) is -0.163. The number of ether oxygens (including phenoxy) is 1. The van der Waals surface area contributed by atoms with Crippen LogP contribution < -0.4 is 21.5 Å². The number of rotatable bonds is 11. The number of hydrogen-bond acceptors (Lipinski definition) is 9. The number of aromatic nitrogens is 1. The molecule has 0 radical (unpaired) electrons. The number of hydrogen-bond donors (Lipinski definition) is 4. The van der Waals surface area contributed by atoms with Gasteiger partial charge < -0.3 is 26.1 Å². The van der Waals surface area contributed by atoms with Crippen LogP contribution in [-0.4, -0.2) is 43.1 Å². The number of carbonyl (C=O) groups is 2. The fourth-order valence-corrected chi connectivity index (χ4v) is 5.92. The zero-order chi connectivity index (χ0) is 27.8. The van der Waals surface area contributed by atoms with Crippen LogP contribution >= 0.6 is 22.7 Å². The summed E-state index contributed by atoms with van der Waals surface area (Å²) in [5.74, 6) is -0.421. The van der Waals surface area contributed by atoms with Gasteiger partial charge in [-0.25, -0.2) is 18.2 Å². The topological polar surface area (TPSA) is 186 Å². The molecular formula is C26H29N5O6S3. The molecule has 14 heteroatoms. The summed E-state index contributed by atoms with van der Waals surface area (Å²) in [6, 6.07) is 18.0. The Bertz CT molecular complexity index is 1490. The lowest BCUT2D eigenvalue weighted by Gasteiger charge is -2.23. The highest BCUT2D eigenvalue weighted by molar-refractivity contribution is 7.87. The van der Waals surface area contributed by atoms with Gasteiger partial charge in [0.25, 0.3) is 0 Å². The molecule has 0 unspecified atom stereocenters. The molecule has 2 aromatic carbocycles. The van der Waals surface area contributed by atoms with Crippen LogP contribution in [0.25, 0.3) is 9.88 Å². The molecule has 2 aromatic heterocycles. The molecule has 2 atom stereocenters. The van der Waals surface area contributed by atoms with Crippen molar-refractivity contribution in [2.75, 3.05) is 11.8 Å². The zero-order valence-corrected chi connectivity index (χ0v) is 24.1. The Morgan fingerprint density at radius 1 is 0.950 bits per heavy atom. The SMILES string of the molecule is COC(=O)N[C@@H](Cc1ccccc1)C(=O)N[C@@H](Cc1ccc(NS(=O)(=O)[O-])cc1)c1csc(-c2cccs2)n1.[NH4+]. The van der Waals surface area contributed by atoms with Gasteiger partial charge in [-0.2, -0.15) is 0 Å². The monoisotopic (exact) mass is 603 g/mol. The summed E-state index contributed by atoms with van der Waals surface area (Å²) in [4.78, 5) is 31.3. The van der Waals surface area contributed by atoms with Gasteiger partial charge in [-0.15, -0.1) is 22.7 Å². The van der Waals surface area contributed by atoms with Crippen molar-refractivity contribution < 1.29 is 27.3 Å². The van der Waals surface area contributed by atoms with Crippen molar-refractivity contribution in [3.05, 3.63) is 94.3 Å². The average molecular weight is 604 g/mol. The Balaban J connectivity index is 0.00000441. The first kappa shape index (κ1) is 30.7. The number of anilines is 1. The van der Waals surface area contributed by atoms with Crippen LogP contribution in [0.5, 0.6) is 0 Å². The second kappa shape index (κ2) is 14.0. The van der Waals surface area contributed by atoms with Gasteiger partial charge in [0.2, 0.25) is 5.91 Å². The lowest BCUT2D eigenvalue weighted by molar-refractivity contribution is -0.123. The number of amides is 2. The van der Waals surface area contributed by atoms with Crippen LogP contribution in [0.2, 0.25) is 0 Å². The van der Waals surface area contributed by atoms with Crippen molar-refractivity contribution in [2.24, 2.45) is 0 Å². The van der Waals surface area contributed by atoms with Crippen molar-refractivity contribution in [1.29, 1.82) is 0 Å². The fraction of sp³-hybridized carbons (Fsp3) is 0.192. The zero-order valence-electron chi connectivity index (χ0n) is 21.7. The number of nitrogens with one attached hydrogen (secondary N) is 3. The molecule has 0 saturated carbocycles. The summed E-state index contributed by atoms with van der Waals surface area (Å²) >= 11 is 3.01. The molecule has 4 aromatic rings. The number of quaternary nitrogens is 1. The summed E-state index contributed by atoms with van der Waals surface area (Å²) < 4.78 is 39.6. The second-order valence-corrected chi connectivity index (χ2v) is 11.4. The number of alkyl carbamates (subject to hydrolysis) is 1. The number of carbonyl (C=O) groups excluding carboxylic acids is 2. The first-order valence-electron chi connectivity index (χ1n) is 11.7. The standard InChI is InChI=1S/C26H26N4O6S3.H3N/c1-36-26(32)29-21(15-17-6-3-2-4-7-17)24(31)27-20(22-16-38-25(28-22)23-8-5-13-37-23)14-18-9-11-19(12-10-18)30-39(33,34)35;/h2-13,16,20-21,30H,14-15H2,1H3,(H,27,31)(H,29,32)(H,33,34,35);1H3/t20-,21-;/m0./s1. The molecule has 7 N–H and O–H groups in total. The highest BCUT2D eigenvalue weighted by Crippen LogP contribution is 2.31. The van der Waals surface area contributed by atoms with Crippen LogP contribution in [0.3, 0.4) is 0 Å². The third-order valence-corrected chi connectivity index (χ3v) is 8.03. The molecule has 0 fully saturated rings. The number of methoxy groups -OCH3 is 1. The Hall–Kier alpha value is -3.82. The molecule has 0 aliphatic heterocycles. The van der Waals surface area contributed by atoms with Gasteiger partial charge in [0.15, 0.2) is 10.3 Å². The van der Waals surface area contributed by atoms with E-state index >= 15 is 0 Å². The Morgan fingerprint density at radius 2 is 1.65 bits per heavy atom. The van der Waals surface area contributed by atoms with Crippen molar-refractivity contribution in [2.45, 2.75) is 24.9 Å². The molecule has 0 saturated heterocycles. The maximum absolute atomic E-state index is 13.5. The van der Waals surface area contributed by atoms with E-state index in [9.17, 15) is 22.6 Å². The predicted molar refractivity (Wildman–Crippen MR) is 155 cm³/mol. The smallest absolute Gasteiger partial charge is 0.407 e. The van der Waals surface area contributed by atoms with Gasteiger partial charge >= 0.3 is 6.09 Å². The van der Waals surface area contributed by atoms with Crippen molar-refractivity contribution in [3.63, 3.8) is 0 Å². The van der Waals surface area contributed by atoms with Crippen LogP contribution in [0, 0.1) is 0 Å². The molecule has 0 aliphatic rings. The van der Waals surface area contributed by atoms with Gasteiger partial charge in [0, 0.05) is 17.5 Å². The van der Waals surface area contributed by atoms with Crippen LogP contribution in [0.1, 0.15) is 22.9 Å². The molecule has 2 amide bonds. The molecular weight excluding hydrogens is 575 g/mol. The number of benzene rings is 2. The van der Waals surface area contributed by atoms with E-state index in [1.165, 1.54) is 30.6 Å². The van der Waals surface area contributed by atoms with E-state index in [0.717, 1.165) is 21.0 Å². The Kier molecular flexibility index (Phi) is 10.8. The summed E-state index contributed by atoms with van der Waals surface area (Å²) in [5, 5.41) is 10.3. The summed E-state index contributed by atoms with van der Waals surface area (Å²) in [7, 11) is -3.42. The second-order valence-electron chi connectivity index (χ2n) is 8.45. The number of thiazole rings is 1. The van der Waals surface area contributed by atoms with E-state index in [2.05, 4.69) is 10.6 Å². The van der Waals surface area contributed by atoms with Gasteiger partial charge in [0.1, 0.15) is 11.0 Å². The maximum Gasteiger partial charge on any atom is 0.407 e. The highest BCUT2D eigenvalue weighted by atomic mass is 32.2. The number of thiophene rings is 1. The molecule has 11 nitrogen and oxygen atoms in total. The fourth-order valence-electron chi connectivity index (χ4n) is 3.81. The van der Waals surface area contributed by atoms with Gasteiger partial charge in [0.05, 0.1) is 23.7 Å². The predicted octanol–water partition coefficient (Wildman–Crippen LogP) is 4.49. The molecule has 0 spiro atoms. The van der Waals surface area contributed by atoms with Gasteiger partial charge in [-0.3, -0.25) is 9.52 Å². The van der Waals surface area contributed by atoms with Crippen LogP contribution in [0.4, 0.5) is 10.5 Å². The highest BCUT2D eigenvalue weighted by Gasteiger charge is 2.26. The summed E-state index contributed by atoms with van der Waals surface area (Å²) in [6.45, 7) is 0. The summed E-state index contributed by atoms with van der Waals surface area (Å²) in [5.41, 5.74) is 2.39. The van der Waals surface area contributed by atoms with E-state index in [0.29, 0.717) is 12.1 Å². The number of nitrogens with zero attached hydrogens (tertiary/aromatic N) is 1. The van der Waals surface area contributed by atoms with Gasteiger partial charge in [-0.1, -0.05) is 48.5 Å². The normalized spacial score (nSPS) is 12.4. The van der Waals surface area contributed by atoms with E-state index in [1.807, 2.05) is 57.9 Å². The molecule has 2 heterocycles. The van der Waals surface area contributed by atoms with Gasteiger partial charge in [-0.05, 0) is 41.1 Å². The van der Waals surface area contributed by atoms with Crippen molar-refractivity contribution in [1.82, 2.24) is 21.8 Å². The molecule has 0 aliphatic carbocycles. The van der Waals surface area contributed by atoms with E-state index in [-0.39, 0.29) is 18.3 Å². The quantitative estimate of drug-likeness (QED) is 0.182. The third kappa shape index (κ3) is 8.86. The average Bonchev–Trinajstić information content (AvgIpc) is 3.61. The third-order valence-electron chi connectivity index (χ3n) is 5.64. The lowest BCUT2D eigenvalue weighted by atomic mass is 10.0. The minimum absolute atomic E-state index is 0. The largest absolute Gasteiger partial charge is 0.731 e. The molecule has 40 heavy (non-hydrogen) atoms. The lowest BCUT2D eigenvalue weighted by Crippen LogP contribution is -2.49. The van der Waals surface area contributed by atoms with Crippen LogP contribution in [-0.2, 0) is 32.7 Å². The minimum Gasteiger partial charge on any atom is -0.731 e. The molecule has 212 valence electrons. The molecule has 4 rings (SSSR count). The maximum atomic E-state index is 13.5. The minimum atomic E-state index is -4.65. The van der Waals surface area contributed by atoms with Crippen LogP contribution in [0.15, 0.2) is 77.5 Å². The first-order valence-corrected chi connectivity index (χ1v) is 14.9. The Morgan fingerprint density at radius 3 is 2.27 bits per heavy atom. The first-order chi connectivity index (χ1) is 18.7. The molecule has 0 bridgehead atoms. The Labute approximate surface area is 240 Å². The van der Waals surface area contributed by atoms with E-state index < -0.39 is 34.4 Å². The van der Waals surface area contributed by atoms with Crippen molar-refractivity contribution in [3.8, 4) is 9.88 Å². The van der Waals surface area contributed by atoms with Crippen molar-refractivity contribution >= 4 is 50.7 Å². The van der Waals surface area contributed by atoms with E-state index in [4.69, 9.17) is 9.72 Å².